The highest BCUT2D eigenvalue weighted by Crippen LogP contribution is 2.27. The van der Waals surface area contributed by atoms with E-state index in [1.807, 2.05) is 13.0 Å². The summed E-state index contributed by atoms with van der Waals surface area (Å²) in [5.41, 5.74) is 2.53. The smallest absolute Gasteiger partial charge is 0.276 e. The van der Waals surface area contributed by atoms with E-state index in [0.717, 1.165) is 38.2 Å². The predicted octanol–water partition coefficient (Wildman–Crippen LogP) is 2.76. The summed E-state index contributed by atoms with van der Waals surface area (Å²) in [6.07, 6.45) is 3.75. The Morgan fingerprint density at radius 1 is 1.11 bits per heavy atom. The van der Waals surface area contributed by atoms with Gasteiger partial charge >= 0.3 is 0 Å². The van der Waals surface area contributed by atoms with Gasteiger partial charge in [-0.15, -0.1) is 29.9 Å². The number of nitrogens with zero attached hydrogens (tertiary/aromatic N) is 5. The van der Waals surface area contributed by atoms with E-state index in [9.17, 15) is 9.18 Å². The molecule has 0 aliphatic carbocycles. The van der Waals surface area contributed by atoms with Crippen molar-refractivity contribution in [3.8, 4) is 11.6 Å². The molecule has 1 fully saturated rings. The summed E-state index contributed by atoms with van der Waals surface area (Å²) >= 11 is 0. The molecular weight excluding hydrogens is 510 g/mol. The molecule has 0 unspecified atom stereocenters. The maximum Gasteiger partial charge on any atom is 0.276 e. The molecule has 9 nitrogen and oxygen atoms in total. The monoisotopic (exact) mass is 540 g/mol. The number of nitrogens with one attached hydrogen (secondary N) is 1. The Labute approximate surface area is 221 Å². The second kappa shape index (κ2) is 12.6. The largest absolute Gasteiger partial charge is 0.484 e. The summed E-state index contributed by atoms with van der Waals surface area (Å²) < 4.78 is 27.0. The zero-order valence-electron chi connectivity index (χ0n) is 20.1. The van der Waals surface area contributed by atoms with Crippen molar-refractivity contribution >= 4 is 35.8 Å². The maximum absolute atomic E-state index is 14.3. The Bertz CT molecular complexity index is 1240. The fraction of sp³-hybridized carbons (Fsp3) is 0.500. The van der Waals surface area contributed by atoms with Crippen LogP contribution in [0.15, 0.2) is 29.2 Å². The van der Waals surface area contributed by atoms with Crippen LogP contribution in [0.4, 0.5) is 4.39 Å². The van der Waals surface area contributed by atoms with Gasteiger partial charge in [-0.25, -0.2) is 4.39 Å². The lowest BCUT2D eigenvalue weighted by molar-refractivity contribution is 0.161. The minimum atomic E-state index is -0.357. The van der Waals surface area contributed by atoms with Gasteiger partial charge in [-0.05, 0) is 38.4 Å². The number of aryl methyl sites for hydroxylation is 1. The molecule has 0 aromatic carbocycles. The van der Waals surface area contributed by atoms with Gasteiger partial charge in [0, 0.05) is 43.4 Å². The molecule has 12 heteroatoms. The standard InChI is InChI=1S/C24H29FN6O3.2ClH/c1-2-18-19(25)15-27-20-3-4-22(32)31(23(18)20)10-9-30-7-5-16(6-8-30)26-14-17-13-21-24(29-28-17)34-12-11-33-21;;/h3-4,13,15-16,26H,2,5-12,14H2,1H3;2*1H. The van der Waals surface area contributed by atoms with Gasteiger partial charge in [-0.2, -0.15) is 5.10 Å². The molecule has 0 bridgehead atoms. The van der Waals surface area contributed by atoms with E-state index in [1.165, 1.54) is 12.3 Å². The van der Waals surface area contributed by atoms with Gasteiger partial charge in [-0.1, -0.05) is 6.92 Å². The molecule has 1 N–H and O–H groups in total. The highest BCUT2D eigenvalue weighted by molar-refractivity contribution is 5.85. The van der Waals surface area contributed by atoms with Gasteiger partial charge in [0.2, 0.25) is 0 Å². The lowest BCUT2D eigenvalue weighted by atomic mass is 10.0. The molecule has 0 saturated carbocycles. The van der Waals surface area contributed by atoms with E-state index < -0.39 is 0 Å². The Balaban J connectivity index is 0.00000180. The van der Waals surface area contributed by atoms with Gasteiger partial charge in [0.15, 0.2) is 5.75 Å². The van der Waals surface area contributed by atoms with Crippen LogP contribution in [0.2, 0.25) is 0 Å². The van der Waals surface area contributed by atoms with Crippen molar-refractivity contribution in [2.75, 3.05) is 32.8 Å². The van der Waals surface area contributed by atoms with E-state index in [-0.39, 0.29) is 36.2 Å². The summed E-state index contributed by atoms with van der Waals surface area (Å²) in [7, 11) is 0. The fourth-order valence-corrected chi connectivity index (χ4v) is 4.70. The quantitative estimate of drug-likeness (QED) is 0.488. The predicted molar refractivity (Wildman–Crippen MR) is 139 cm³/mol. The SMILES string of the molecule is CCc1c(F)cnc2ccc(=O)n(CCN3CCC(NCc4cc5c(nn4)OCCO5)CC3)c12.Cl.Cl. The van der Waals surface area contributed by atoms with Crippen molar-refractivity contribution in [2.24, 2.45) is 0 Å². The molecule has 0 amide bonds. The molecule has 0 radical (unpaired) electrons. The Morgan fingerprint density at radius 2 is 1.89 bits per heavy atom. The first kappa shape index (κ1) is 28.0. The first-order valence-electron chi connectivity index (χ1n) is 11.9. The minimum absolute atomic E-state index is 0. The second-order valence-corrected chi connectivity index (χ2v) is 8.69. The van der Waals surface area contributed by atoms with Crippen molar-refractivity contribution < 1.29 is 13.9 Å². The Kier molecular flexibility index (Phi) is 9.84. The Hall–Kier alpha value is -2.53. The molecule has 3 aromatic rings. The zero-order chi connectivity index (χ0) is 23.5. The molecule has 2 aliphatic heterocycles. The number of piperidine rings is 1. The molecule has 2 aliphatic rings. The Morgan fingerprint density at radius 3 is 2.67 bits per heavy atom. The lowest BCUT2D eigenvalue weighted by Gasteiger charge is -2.32. The summed E-state index contributed by atoms with van der Waals surface area (Å²) in [6, 6.07) is 5.46. The second-order valence-electron chi connectivity index (χ2n) is 8.69. The summed E-state index contributed by atoms with van der Waals surface area (Å²) in [4.78, 5) is 19.1. The molecule has 1 saturated heterocycles. The summed E-state index contributed by atoms with van der Waals surface area (Å²) in [5.74, 6) is 0.750. The van der Waals surface area contributed by atoms with Crippen LogP contribution in [-0.2, 0) is 19.5 Å². The van der Waals surface area contributed by atoms with Crippen LogP contribution < -0.4 is 20.3 Å². The molecule has 3 aromatic heterocycles. The maximum atomic E-state index is 14.3. The number of aromatic nitrogens is 4. The van der Waals surface area contributed by atoms with Gasteiger partial charge in [0.1, 0.15) is 19.0 Å². The van der Waals surface area contributed by atoms with Crippen molar-refractivity contribution in [3.63, 3.8) is 0 Å². The van der Waals surface area contributed by atoms with Crippen LogP contribution >= 0.6 is 24.8 Å². The van der Waals surface area contributed by atoms with Gasteiger partial charge < -0.3 is 24.3 Å². The van der Waals surface area contributed by atoms with Crippen molar-refractivity contribution in [2.45, 2.75) is 45.3 Å². The number of ether oxygens (including phenoxy) is 2. The van der Waals surface area contributed by atoms with Gasteiger partial charge in [0.25, 0.3) is 11.4 Å². The molecular formula is C24H31Cl2FN6O3. The normalized spacial score (nSPS) is 15.8. The highest BCUT2D eigenvalue weighted by Gasteiger charge is 2.21. The molecule has 0 atom stereocenters. The number of pyridine rings is 2. The van der Waals surface area contributed by atoms with Crippen LogP contribution in [0, 0.1) is 5.82 Å². The topological polar surface area (TPSA) is 94.4 Å². The zero-order valence-corrected chi connectivity index (χ0v) is 21.7. The number of fused-ring (bicyclic) bond motifs is 2. The number of rotatable bonds is 7. The average Bonchev–Trinajstić information content (AvgIpc) is 2.87. The van der Waals surface area contributed by atoms with Crippen LogP contribution in [0.5, 0.6) is 11.6 Å². The van der Waals surface area contributed by atoms with Crippen molar-refractivity contribution in [1.29, 1.82) is 0 Å². The van der Waals surface area contributed by atoms with E-state index in [0.29, 0.717) is 67.0 Å². The third-order valence-electron chi connectivity index (χ3n) is 6.56. The van der Waals surface area contributed by atoms with Gasteiger partial charge in [-0.3, -0.25) is 9.78 Å². The minimum Gasteiger partial charge on any atom is -0.484 e. The average molecular weight is 541 g/mol. The molecule has 196 valence electrons. The third kappa shape index (κ3) is 6.05. The van der Waals surface area contributed by atoms with Crippen molar-refractivity contribution in [3.05, 3.63) is 51.8 Å². The van der Waals surface area contributed by atoms with Crippen LogP contribution in [-0.4, -0.2) is 63.5 Å². The lowest BCUT2D eigenvalue weighted by Crippen LogP contribution is -2.43. The first-order chi connectivity index (χ1) is 16.6. The fourth-order valence-electron chi connectivity index (χ4n) is 4.70. The molecule has 0 spiro atoms. The van der Waals surface area contributed by atoms with Gasteiger partial charge in [0.05, 0.1) is 22.9 Å². The van der Waals surface area contributed by atoms with Crippen molar-refractivity contribution in [1.82, 2.24) is 30.0 Å². The first-order valence-corrected chi connectivity index (χ1v) is 11.9. The highest BCUT2D eigenvalue weighted by atomic mass is 35.5. The van der Waals surface area contributed by atoms with E-state index in [2.05, 4.69) is 25.4 Å². The summed E-state index contributed by atoms with van der Waals surface area (Å²) in [6.45, 7) is 6.65. The van der Waals surface area contributed by atoms with E-state index >= 15 is 0 Å². The van der Waals surface area contributed by atoms with E-state index in [1.54, 1.807) is 10.6 Å². The number of hydrogen-bond acceptors (Lipinski definition) is 8. The van der Waals surface area contributed by atoms with Crippen LogP contribution in [0.25, 0.3) is 11.0 Å². The summed E-state index contributed by atoms with van der Waals surface area (Å²) in [5, 5.41) is 11.9. The van der Waals surface area contributed by atoms with E-state index in [4.69, 9.17) is 9.47 Å². The molecule has 5 heterocycles. The third-order valence-corrected chi connectivity index (χ3v) is 6.56. The van der Waals surface area contributed by atoms with Crippen LogP contribution in [0.1, 0.15) is 31.0 Å². The molecule has 36 heavy (non-hydrogen) atoms. The number of hydrogen-bond donors (Lipinski definition) is 1. The number of likely N-dealkylation sites (tertiary alicyclic amines) is 1. The molecule has 5 rings (SSSR count). The number of halogens is 3. The van der Waals surface area contributed by atoms with Crippen LogP contribution in [0.3, 0.4) is 0 Å².